The van der Waals surface area contributed by atoms with Crippen molar-refractivity contribution < 1.29 is 23.4 Å². The molecule has 180 valence electrons. The van der Waals surface area contributed by atoms with E-state index in [1.807, 2.05) is 18.2 Å². The van der Waals surface area contributed by atoms with Crippen LogP contribution in [0.25, 0.3) is 11.4 Å². The largest absolute Gasteiger partial charge is 0.493 e. The zero-order valence-corrected chi connectivity index (χ0v) is 21.4. The molecule has 2 aromatic carbocycles. The van der Waals surface area contributed by atoms with Crippen molar-refractivity contribution in [3.05, 3.63) is 70.6 Å². The lowest BCUT2D eigenvalue weighted by Crippen LogP contribution is -2.38. The summed E-state index contributed by atoms with van der Waals surface area (Å²) in [6.07, 6.45) is 1.59. The summed E-state index contributed by atoms with van der Waals surface area (Å²) in [4.78, 5) is 13.5. The first-order valence-corrected chi connectivity index (χ1v) is 12.2. The Morgan fingerprint density at radius 1 is 1.06 bits per heavy atom. The number of nitrogens with zero attached hydrogens (tertiary/aromatic N) is 3. The van der Waals surface area contributed by atoms with Gasteiger partial charge in [0.2, 0.25) is 10.9 Å². The minimum atomic E-state index is -0.521. The highest BCUT2D eigenvalue weighted by molar-refractivity contribution is 9.10. The lowest BCUT2D eigenvalue weighted by atomic mass is 10.0. The van der Waals surface area contributed by atoms with Crippen molar-refractivity contribution in [2.24, 2.45) is 0 Å². The molecule has 5 rings (SSSR count). The molecule has 35 heavy (non-hydrogen) atoms. The molecule has 2 atom stereocenters. The monoisotopic (exact) mass is 556 g/mol. The number of methoxy groups -OCH3 is 3. The van der Waals surface area contributed by atoms with E-state index in [9.17, 15) is 4.79 Å². The van der Waals surface area contributed by atoms with Gasteiger partial charge in [-0.1, -0.05) is 39.8 Å². The molecule has 3 heterocycles. The highest BCUT2D eigenvalue weighted by Gasteiger charge is 2.39. The maximum absolute atomic E-state index is 13.5. The Bertz CT molecular complexity index is 1330. The number of carbonyl (C=O) groups excluding carboxylic acids is 1. The van der Waals surface area contributed by atoms with E-state index in [-0.39, 0.29) is 5.78 Å². The van der Waals surface area contributed by atoms with Gasteiger partial charge in [-0.05, 0) is 36.4 Å². The Balaban J connectivity index is 1.57. The van der Waals surface area contributed by atoms with Crippen LogP contribution in [0, 0.1) is 0 Å². The topological polar surface area (TPSA) is 101 Å². The molecule has 4 aromatic rings. The average Bonchev–Trinajstić information content (AvgIpc) is 3.57. The number of nitrogens with one attached hydrogen (secondary N) is 1. The van der Waals surface area contributed by atoms with Gasteiger partial charge < -0.3 is 24.1 Å². The summed E-state index contributed by atoms with van der Waals surface area (Å²) in [7, 11) is 4.66. The fraction of sp³-hybridized carbons (Fsp3) is 0.208. The number of fused-ring (bicyclic) bond motifs is 1. The average molecular weight is 557 g/mol. The number of thioether (sulfide) groups is 1. The summed E-state index contributed by atoms with van der Waals surface area (Å²) < 4.78 is 24.8. The number of hydrogen-bond acceptors (Lipinski definition) is 9. The van der Waals surface area contributed by atoms with E-state index < -0.39 is 11.3 Å². The van der Waals surface area contributed by atoms with Crippen LogP contribution in [-0.2, 0) is 0 Å². The molecule has 0 aliphatic carbocycles. The van der Waals surface area contributed by atoms with Crippen LogP contribution in [-0.4, -0.2) is 47.2 Å². The van der Waals surface area contributed by atoms with E-state index in [2.05, 4.69) is 31.6 Å². The number of ether oxygens (including phenoxy) is 3. The standard InChI is InChI=1S/C24H21BrN4O5S/c1-31-17-11-14(12-18(32-2)21(17)33-3)23-26-27-24-29(23)28-19(16-5-4-10-34-16)22(35-24)20(30)13-6-8-15(25)9-7-13/h4-12,19,22,28H,1-3H3. The molecule has 11 heteroatoms. The lowest BCUT2D eigenvalue weighted by Gasteiger charge is -2.31. The van der Waals surface area contributed by atoms with Crippen LogP contribution in [0.1, 0.15) is 22.2 Å². The van der Waals surface area contributed by atoms with E-state index in [0.29, 0.717) is 45.1 Å². The third-order valence-electron chi connectivity index (χ3n) is 5.60. The minimum Gasteiger partial charge on any atom is -0.493 e. The number of benzene rings is 2. The Morgan fingerprint density at radius 2 is 1.77 bits per heavy atom. The smallest absolute Gasteiger partial charge is 0.211 e. The van der Waals surface area contributed by atoms with Crippen molar-refractivity contribution >= 4 is 33.5 Å². The number of carbonyl (C=O) groups is 1. The summed E-state index contributed by atoms with van der Waals surface area (Å²) in [5, 5.41) is 8.78. The predicted molar refractivity (Wildman–Crippen MR) is 134 cm³/mol. The van der Waals surface area contributed by atoms with Gasteiger partial charge >= 0.3 is 0 Å². The summed E-state index contributed by atoms with van der Waals surface area (Å²) in [5.74, 6) is 2.58. The molecular formula is C24H21BrN4O5S. The Hall–Kier alpha value is -3.44. The maximum atomic E-state index is 13.5. The second kappa shape index (κ2) is 9.67. The molecule has 0 spiro atoms. The third kappa shape index (κ3) is 4.25. The number of aromatic nitrogens is 3. The Labute approximate surface area is 213 Å². The van der Waals surface area contributed by atoms with Crippen molar-refractivity contribution in [2.75, 3.05) is 26.8 Å². The van der Waals surface area contributed by atoms with Crippen LogP contribution in [0.15, 0.2) is 68.8 Å². The second-order valence-corrected chi connectivity index (χ2v) is 9.61. The van der Waals surface area contributed by atoms with Crippen LogP contribution in [0.5, 0.6) is 17.2 Å². The van der Waals surface area contributed by atoms with Crippen molar-refractivity contribution in [3.8, 4) is 28.6 Å². The Kier molecular flexibility index (Phi) is 6.44. The quantitative estimate of drug-likeness (QED) is 0.316. The fourth-order valence-corrected chi connectivity index (χ4v) is 5.31. The van der Waals surface area contributed by atoms with E-state index in [4.69, 9.17) is 18.6 Å². The summed E-state index contributed by atoms with van der Waals surface area (Å²) in [5.41, 5.74) is 4.69. The van der Waals surface area contributed by atoms with Gasteiger partial charge in [0.25, 0.3) is 0 Å². The number of Topliss-reactive ketones (excluding diaryl/α,β-unsaturated/α-hetero) is 1. The summed E-state index contributed by atoms with van der Waals surface area (Å²) in [6, 6.07) is 14.1. The summed E-state index contributed by atoms with van der Waals surface area (Å²) in [6.45, 7) is 0. The number of ketones is 1. The van der Waals surface area contributed by atoms with Crippen molar-refractivity contribution in [1.29, 1.82) is 0 Å². The first-order valence-electron chi connectivity index (χ1n) is 10.6. The molecule has 0 saturated carbocycles. The van der Waals surface area contributed by atoms with Crippen molar-refractivity contribution in [3.63, 3.8) is 0 Å². The van der Waals surface area contributed by atoms with Crippen LogP contribution in [0.4, 0.5) is 0 Å². The van der Waals surface area contributed by atoms with Gasteiger partial charge in [0, 0.05) is 15.6 Å². The normalized spacial score (nSPS) is 16.8. The first kappa shape index (κ1) is 23.3. The molecule has 0 bridgehead atoms. The van der Waals surface area contributed by atoms with E-state index in [1.54, 1.807) is 62.6 Å². The zero-order chi connectivity index (χ0) is 24.5. The van der Waals surface area contributed by atoms with E-state index in [1.165, 1.54) is 11.8 Å². The summed E-state index contributed by atoms with van der Waals surface area (Å²) >= 11 is 4.75. The predicted octanol–water partition coefficient (Wildman–Crippen LogP) is 4.97. The molecule has 0 radical (unpaired) electrons. The van der Waals surface area contributed by atoms with E-state index >= 15 is 0 Å². The van der Waals surface area contributed by atoms with Gasteiger partial charge in [-0.3, -0.25) is 4.79 Å². The van der Waals surface area contributed by atoms with Crippen LogP contribution < -0.4 is 19.6 Å². The van der Waals surface area contributed by atoms with Crippen molar-refractivity contribution in [2.45, 2.75) is 16.4 Å². The van der Waals surface area contributed by atoms with Gasteiger partial charge in [-0.2, -0.15) is 0 Å². The first-order chi connectivity index (χ1) is 17.0. The van der Waals surface area contributed by atoms with Gasteiger partial charge in [-0.25, -0.2) is 4.68 Å². The molecule has 0 amide bonds. The van der Waals surface area contributed by atoms with Gasteiger partial charge in [0.05, 0.1) is 27.6 Å². The fourth-order valence-electron chi connectivity index (χ4n) is 3.91. The molecule has 1 aliphatic rings. The Morgan fingerprint density at radius 3 is 2.37 bits per heavy atom. The molecule has 2 unspecified atom stereocenters. The highest BCUT2D eigenvalue weighted by Crippen LogP contribution is 2.43. The van der Waals surface area contributed by atoms with Crippen molar-refractivity contribution in [1.82, 2.24) is 14.9 Å². The maximum Gasteiger partial charge on any atom is 0.211 e. The molecule has 0 saturated heterocycles. The third-order valence-corrected chi connectivity index (χ3v) is 7.34. The highest BCUT2D eigenvalue weighted by atomic mass is 79.9. The second-order valence-electron chi connectivity index (χ2n) is 7.59. The molecular weight excluding hydrogens is 536 g/mol. The molecule has 9 nitrogen and oxygen atoms in total. The van der Waals surface area contributed by atoms with Crippen LogP contribution in [0.3, 0.4) is 0 Å². The zero-order valence-electron chi connectivity index (χ0n) is 19.0. The lowest BCUT2D eigenvalue weighted by molar-refractivity contribution is 0.0977. The van der Waals surface area contributed by atoms with Crippen LogP contribution in [0.2, 0.25) is 0 Å². The van der Waals surface area contributed by atoms with E-state index in [0.717, 1.165) is 4.47 Å². The number of hydrogen-bond donors (Lipinski definition) is 1. The number of furan rings is 1. The molecule has 0 fully saturated rings. The van der Waals surface area contributed by atoms with Gasteiger partial charge in [0.1, 0.15) is 17.1 Å². The molecule has 1 aliphatic heterocycles. The minimum absolute atomic E-state index is 0.0417. The van der Waals surface area contributed by atoms with Gasteiger partial charge in [-0.15, -0.1) is 10.2 Å². The van der Waals surface area contributed by atoms with Gasteiger partial charge in [0.15, 0.2) is 23.1 Å². The molecule has 1 N–H and O–H groups in total. The number of rotatable bonds is 7. The van der Waals surface area contributed by atoms with Crippen LogP contribution >= 0.6 is 27.7 Å². The SMILES string of the molecule is COc1cc(-c2nnc3n2NC(c2ccco2)C(C(=O)c2ccc(Br)cc2)S3)cc(OC)c1OC. The number of halogens is 1. The molecule has 2 aromatic heterocycles.